The molecule has 0 N–H and O–H groups in total. The normalized spacial score (nSPS) is 12.5. The van der Waals surface area contributed by atoms with E-state index < -0.39 is 0 Å². The second kappa shape index (κ2) is 2.69. The Morgan fingerprint density at radius 3 is 2.62 bits per heavy atom. The summed E-state index contributed by atoms with van der Waals surface area (Å²) in [5.74, 6) is 0. The molecule has 70 valence electrons. The molecule has 13 heavy (non-hydrogen) atoms. The van der Waals surface area contributed by atoms with Crippen LogP contribution in [0.4, 0.5) is 0 Å². The minimum Gasteiger partial charge on any atom is -0.268 e. The zero-order valence-electron chi connectivity index (χ0n) is 7.83. The molecule has 0 saturated heterocycles. The van der Waals surface area contributed by atoms with Crippen molar-refractivity contribution in [3.8, 4) is 0 Å². The third-order valence-corrected chi connectivity index (χ3v) is 4.33. The van der Waals surface area contributed by atoms with E-state index in [9.17, 15) is 4.79 Å². The van der Waals surface area contributed by atoms with E-state index in [4.69, 9.17) is 0 Å². The third kappa shape index (κ3) is 1.34. The summed E-state index contributed by atoms with van der Waals surface area (Å²) in [5, 5.41) is 2.83. The molecule has 0 spiro atoms. The van der Waals surface area contributed by atoms with Gasteiger partial charge in [-0.3, -0.25) is 8.75 Å². The largest absolute Gasteiger partial charge is 0.269 e. The van der Waals surface area contributed by atoms with E-state index in [1.54, 1.807) is 22.9 Å². The Morgan fingerprint density at radius 2 is 2.08 bits per heavy atom. The Bertz CT molecular complexity index is 483. The third-order valence-electron chi connectivity index (χ3n) is 1.83. The molecule has 2 rings (SSSR count). The van der Waals surface area contributed by atoms with Crippen LogP contribution in [0.3, 0.4) is 0 Å². The Labute approximate surface area is 84.6 Å². The number of rotatable bonds is 0. The molecule has 2 heterocycles. The van der Waals surface area contributed by atoms with Gasteiger partial charge in [0.15, 0.2) is 0 Å². The van der Waals surface area contributed by atoms with Gasteiger partial charge in [0.05, 0.1) is 10.9 Å². The lowest BCUT2D eigenvalue weighted by atomic mass is 10.1. The predicted octanol–water partition coefficient (Wildman–Crippen LogP) is 2.88. The van der Waals surface area contributed by atoms with E-state index in [1.165, 1.54) is 0 Å². The maximum atomic E-state index is 11.8. The predicted molar refractivity (Wildman–Crippen MR) is 59.0 cm³/mol. The van der Waals surface area contributed by atoms with Crippen molar-refractivity contribution >= 4 is 32.3 Å². The molecule has 2 aromatic heterocycles. The topological polar surface area (TPSA) is 22.0 Å². The molecular weight excluding hydrogens is 202 g/mol. The monoisotopic (exact) mass is 213 g/mol. The van der Waals surface area contributed by atoms with Gasteiger partial charge in [0.2, 0.25) is 0 Å². The first kappa shape index (κ1) is 8.97. The summed E-state index contributed by atoms with van der Waals surface area (Å²) >= 11 is 3.20. The molecule has 0 fully saturated rings. The minimum absolute atomic E-state index is 0.0967. The van der Waals surface area contributed by atoms with Crippen LogP contribution in [0, 0.1) is 0 Å². The van der Waals surface area contributed by atoms with Crippen LogP contribution in [0.2, 0.25) is 0 Å². The number of nitrogens with zero attached hydrogens (tertiary/aromatic N) is 1. The molecule has 0 aromatic carbocycles. The summed E-state index contributed by atoms with van der Waals surface area (Å²) < 4.78 is 2.97. The van der Waals surface area contributed by atoms with E-state index in [1.807, 2.05) is 15.4 Å². The van der Waals surface area contributed by atoms with Crippen LogP contribution in [-0.2, 0) is 5.54 Å². The second-order valence-corrected chi connectivity index (χ2v) is 6.11. The highest BCUT2D eigenvalue weighted by atomic mass is 32.2. The average molecular weight is 213 g/mol. The van der Waals surface area contributed by atoms with Crippen molar-refractivity contribution in [1.82, 2.24) is 3.96 Å². The lowest BCUT2D eigenvalue weighted by molar-refractivity contribution is 0.420. The lowest BCUT2D eigenvalue weighted by Crippen LogP contribution is -2.28. The first-order chi connectivity index (χ1) is 6.00. The number of hydrogen-bond donors (Lipinski definition) is 0. The average Bonchev–Trinajstić information content (AvgIpc) is 2.51. The van der Waals surface area contributed by atoms with Crippen molar-refractivity contribution in [2.24, 2.45) is 0 Å². The van der Waals surface area contributed by atoms with E-state index in [2.05, 4.69) is 20.8 Å². The van der Waals surface area contributed by atoms with Crippen LogP contribution >= 0.6 is 22.9 Å². The second-order valence-electron chi connectivity index (χ2n) is 3.98. The summed E-state index contributed by atoms with van der Waals surface area (Å²) in [4.78, 5) is 11.8. The van der Waals surface area contributed by atoms with Crippen LogP contribution < -0.4 is 5.56 Å². The van der Waals surface area contributed by atoms with Gasteiger partial charge in [-0.15, -0.1) is 11.3 Å². The Balaban J connectivity index is 2.79. The summed E-state index contributed by atoms with van der Waals surface area (Å²) in [6.45, 7) is 6.15. The maximum absolute atomic E-state index is 11.8. The van der Waals surface area contributed by atoms with Crippen molar-refractivity contribution in [2.45, 2.75) is 26.3 Å². The molecular formula is C9H11NOS2. The standard InChI is InChI=1S/C9H11NOS2/c1-9(2,3)10-7(11)6-4-5-12-8(6)13-10/h4-5H,1-3H3. The van der Waals surface area contributed by atoms with Crippen LogP contribution in [0.1, 0.15) is 20.8 Å². The zero-order valence-corrected chi connectivity index (χ0v) is 9.46. The Kier molecular flexibility index (Phi) is 1.85. The summed E-state index contributed by atoms with van der Waals surface area (Å²) in [5.41, 5.74) is 0.0503. The molecule has 2 nitrogen and oxygen atoms in total. The summed E-state index contributed by atoms with van der Waals surface area (Å²) in [7, 11) is 0. The van der Waals surface area contributed by atoms with Crippen LogP contribution in [-0.4, -0.2) is 3.96 Å². The molecule has 0 saturated carbocycles. The highest BCUT2D eigenvalue weighted by Gasteiger charge is 2.19. The first-order valence-electron chi connectivity index (χ1n) is 4.10. The van der Waals surface area contributed by atoms with Crippen LogP contribution in [0.15, 0.2) is 16.2 Å². The number of thiophene rings is 1. The molecule has 0 radical (unpaired) electrons. The van der Waals surface area contributed by atoms with Gasteiger partial charge in [0, 0.05) is 0 Å². The number of aromatic nitrogens is 1. The van der Waals surface area contributed by atoms with E-state index in [0.29, 0.717) is 0 Å². The van der Waals surface area contributed by atoms with Gasteiger partial charge in [0.25, 0.3) is 5.56 Å². The number of fused-ring (bicyclic) bond motifs is 1. The van der Waals surface area contributed by atoms with Crippen molar-refractivity contribution < 1.29 is 0 Å². The lowest BCUT2D eigenvalue weighted by Gasteiger charge is -2.17. The highest BCUT2D eigenvalue weighted by molar-refractivity contribution is 7.35. The fourth-order valence-electron chi connectivity index (χ4n) is 1.20. The molecule has 0 aliphatic heterocycles. The van der Waals surface area contributed by atoms with Crippen LogP contribution in [0.5, 0.6) is 0 Å². The quantitative estimate of drug-likeness (QED) is 0.659. The van der Waals surface area contributed by atoms with E-state index in [-0.39, 0.29) is 11.1 Å². The fraction of sp³-hybridized carbons (Fsp3) is 0.444. The molecule has 0 aliphatic carbocycles. The van der Waals surface area contributed by atoms with Gasteiger partial charge in [-0.2, -0.15) is 0 Å². The van der Waals surface area contributed by atoms with Crippen molar-refractivity contribution in [2.75, 3.05) is 0 Å². The first-order valence-corrected chi connectivity index (χ1v) is 5.75. The van der Waals surface area contributed by atoms with Crippen molar-refractivity contribution in [3.05, 3.63) is 21.8 Å². The molecule has 0 atom stereocenters. The maximum Gasteiger partial charge on any atom is 0.269 e. The zero-order chi connectivity index (χ0) is 9.64. The summed E-state index contributed by atoms with van der Waals surface area (Å²) in [6, 6.07) is 1.90. The molecule has 0 unspecified atom stereocenters. The highest BCUT2D eigenvalue weighted by Crippen LogP contribution is 2.26. The minimum atomic E-state index is -0.0967. The Morgan fingerprint density at radius 1 is 1.38 bits per heavy atom. The Hall–Kier alpha value is -0.610. The van der Waals surface area contributed by atoms with E-state index in [0.717, 1.165) is 9.40 Å². The number of hydrogen-bond acceptors (Lipinski definition) is 3. The van der Waals surface area contributed by atoms with Crippen LogP contribution in [0.25, 0.3) is 9.40 Å². The molecule has 2 aromatic rings. The SMILES string of the molecule is CC(C)(C)n1sc2sccc2c1=O. The van der Waals surface area contributed by atoms with Gasteiger partial charge in [0.1, 0.15) is 4.01 Å². The van der Waals surface area contributed by atoms with Gasteiger partial charge in [-0.1, -0.05) is 0 Å². The molecule has 0 aliphatic rings. The van der Waals surface area contributed by atoms with Gasteiger partial charge in [-0.05, 0) is 43.8 Å². The van der Waals surface area contributed by atoms with Gasteiger partial charge >= 0.3 is 0 Å². The molecule has 0 bridgehead atoms. The van der Waals surface area contributed by atoms with Gasteiger partial charge < -0.3 is 0 Å². The van der Waals surface area contributed by atoms with E-state index >= 15 is 0 Å². The molecule has 4 heteroatoms. The smallest absolute Gasteiger partial charge is 0.268 e. The molecule has 0 amide bonds. The van der Waals surface area contributed by atoms with Gasteiger partial charge in [-0.25, -0.2) is 0 Å². The van der Waals surface area contributed by atoms with Crippen molar-refractivity contribution in [1.29, 1.82) is 0 Å². The van der Waals surface area contributed by atoms with Crippen molar-refractivity contribution in [3.63, 3.8) is 0 Å². The fourth-order valence-corrected chi connectivity index (χ4v) is 3.25. The summed E-state index contributed by atoms with van der Waals surface area (Å²) in [6.07, 6.45) is 0.